The predicted molar refractivity (Wildman–Crippen MR) is 121 cm³/mol. The topological polar surface area (TPSA) is 75.7 Å². The molecule has 1 N–H and O–H groups in total. The van der Waals surface area contributed by atoms with Crippen molar-refractivity contribution in [1.82, 2.24) is 4.90 Å². The Morgan fingerprint density at radius 1 is 1.03 bits per heavy atom. The summed E-state index contributed by atoms with van der Waals surface area (Å²) in [7, 11) is 1.60. The number of fused-ring (bicyclic) bond motifs is 5. The van der Waals surface area contributed by atoms with Crippen molar-refractivity contribution < 1.29 is 19.1 Å². The van der Waals surface area contributed by atoms with Crippen LogP contribution in [-0.4, -0.2) is 45.9 Å². The Labute approximate surface area is 193 Å². The number of likely N-dealkylation sites (tertiary alicyclic amines) is 1. The smallest absolute Gasteiger partial charge is 0.233 e. The summed E-state index contributed by atoms with van der Waals surface area (Å²) in [6.07, 6.45) is 3.63. The number of carbonyl (C=O) groups excluding carboxylic acids is 3. The van der Waals surface area contributed by atoms with Gasteiger partial charge in [0.15, 0.2) is 0 Å². The minimum Gasteiger partial charge on any atom is -0.497 e. The molecule has 0 spiro atoms. The summed E-state index contributed by atoms with van der Waals surface area (Å²) in [5.41, 5.74) is 0.741. The van der Waals surface area contributed by atoms with Gasteiger partial charge in [0.1, 0.15) is 5.75 Å². The van der Waals surface area contributed by atoms with Crippen molar-refractivity contribution in [2.75, 3.05) is 19.0 Å². The number of halogens is 2. The number of methoxy groups -OCH3 is 1. The molecule has 0 unspecified atom stereocenters. The number of nitrogens with zero attached hydrogens (tertiary/aromatic N) is 1. The van der Waals surface area contributed by atoms with E-state index in [-0.39, 0.29) is 51.0 Å². The number of rotatable bonds is 8. The van der Waals surface area contributed by atoms with E-state index in [2.05, 4.69) is 37.2 Å². The Morgan fingerprint density at radius 2 is 1.63 bits per heavy atom. The number of hydrogen-bond acceptors (Lipinski definition) is 4. The average molecular weight is 542 g/mol. The van der Waals surface area contributed by atoms with Gasteiger partial charge in [-0.25, -0.2) is 0 Å². The van der Waals surface area contributed by atoms with E-state index < -0.39 is 0 Å². The molecule has 1 aliphatic heterocycles. The molecule has 1 aromatic carbocycles. The number of hydrogen-bond donors (Lipinski definition) is 1. The lowest BCUT2D eigenvalue weighted by molar-refractivity contribution is -0.140. The largest absolute Gasteiger partial charge is 0.497 e. The van der Waals surface area contributed by atoms with Crippen LogP contribution in [0.4, 0.5) is 5.69 Å². The first kappa shape index (κ1) is 21.8. The number of imide groups is 1. The van der Waals surface area contributed by atoms with Crippen LogP contribution in [0.2, 0.25) is 0 Å². The molecule has 4 rings (SSSR count). The standard InChI is InChI=1S/C22H26Br2N2O4/c1-30-13-8-6-12(7-9-13)25-16(27)5-3-2-4-10-26-21(28)17-14-11-15(18(17)22(26)29)20(24)19(14)23/h6-9,14-15,17-20H,2-5,10-11H2,1H3,(H,25,27)/t14-,15-,17-,18-,19-,20+/m0/s1. The van der Waals surface area contributed by atoms with E-state index >= 15 is 0 Å². The quantitative estimate of drug-likeness (QED) is 0.307. The molecule has 8 heteroatoms. The van der Waals surface area contributed by atoms with Crippen molar-refractivity contribution in [1.29, 1.82) is 0 Å². The van der Waals surface area contributed by atoms with E-state index in [9.17, 15) is 14.4 Å². The van der Waals surface area contributed by atoms with Crippen molar-refractivity contribution in [2.45, 2.75) is 41.8 Å². The highest BCUT2D eigenvalue weighted by Gasteiger charge is 2.66. The Kier molecular flexibility index (Phi) is 6.53. The van der Waals surface area contributed by atoms with Crippen LogP contribution in [-0.2, 0) is 14.4 Å². The normalized spacial score (nSPS) is 31.9. The number of anilines is 1. The molecule has 0 radical (unpaired) electrons. The Hall–Kier alpha value is -1.41. The lowest BCUT2D eigenvalue weighted by Gasteiger charge is -2.28. The molecule has 2 aliphatic carbocycles. The molecule has 2 saturated carbocycles. The fourth-order valence-electron chi connectivity index (χ4n) is 5.26. The van der Waals surface area contributed by atoms with Crippen molar-refractivity contribution in [3.63, 3.8) is 0 Å². The third-order valence-electron chi connectivity index (χ3n) is 6.74. The van der Waals surface area contributed by atoms with E-state index in [1.165, 1.54) is 4.90 Å². The summed E-state index contributed by atoms with van der Waals surface area (Å²) < 4.78 is 5.10. The lowest BCUT2D eigenvalue weighted by Crippen LogP contribution is -2.37. The summed E-state index contributed by atoms with van der Waals surface area (Å²) >= 11 is 7.42. The molecule has 3 fully saturated rings. The second-order valence-corrected chi connectivity index (χ2v) is 10.5. The molecular weight excluding hydrogens is 516 g/mol. The second-order valence-electron chi connectivity index (χ2n) is 8.42. The van der Waals surface area contributed by atoms with Crippen molar-refractivity contribution >= 4 is 55.3 Å². The van der Waals surface area contributed by atoms with Crippen LogP contribution in [0, 0.1) is 23.7 Å². The molecule has 2 bridgehead atoms. The summed E-state index contributed by atoms with van der Waals surface area (Å²) in [5.74, 6) is 0.963. The predicted octanol–water partition coefficient (Wildman–Crippen LogP) is 3.97. The first-order valence-electron chi connectivity index (χ1n) is 10.5. The maximum Gasteiger partial charge on any atom is 0.233 e. The van der Waals surface area contributed by atoms with Crippen LogP contribution in [0.5, 0.6) is 5.75 Å². The second kappa shape index (κ2) is 8.99. The SMILES string of the molecule is COc1ccc(NC(=O)CCCCCN2C(=O)[C@H]3[C@@H]4C[C@H]([C@@H](Br)[C@H]4Br)[C@@H]3C2=O)cc1. The van der Waals surface area contributed by atoms with Crippen LogP contribution in [0.1, 0.15) is 32.1 Å². The van der Waals surface area contributed by atoms with Gasteiger partial charge in [0.05, 0.1) is 18.9 Å². The molecular formula is C22H26Br2N2O4. The number of nitrogens with one attached hydrogen (secondary N) is 1. The Balaban J connectivity index is 1.19. The fourth-order valence-corrected chi connectivity index (χ4v) is 7.13. The van der Waals surface area contributed by atoms with Gasteiger partial charge in [0.25, 0.3) is 0 Å². The molecule has 3 aliphatic rings. The highest BCUT2D eigenvalue weighted by atomic mass is 79.9. The highest BCUT2D eigenvalue weighted by Crippen LogP contribution is 2.60. The zero-order chi connectivity index (χ0) is 21.4. The first-order chi connectivity index (χ1) is 14.4. The zero-order valence-corrected chi connectivity index (χ0v) is 20.0. The lowest BCUT2D eigenvalue weighted by atomic mass is 9.81. The van der Waals surface area contributed by atoms with Crippen molar-refractivity contribution in [3.8, 4) is 5.75 Å². The van der Waals surface area contributed by atoms with Gasteiger partial charge in [0.2, 0.25) is 17.7 Å². The summed E-state index contributed by atoms with van der Waals surface area (Å²) in [5, 5.41) is 2.87. The van der Waals surface area contributed by atoms with Crippen molar-refractivity contribution in [3.05, 3.63) is 24.3 Å². The van der Waals surface area contributed by atoms with Crippen LogP contribution >= 0.6 is 31.9 Å². The minimum atomic E-state index is -0.143. The maximum atomic E-state index is 12.9. The number of benzene rings is 1. The van der Waals surface area contributed by atoms with Gasteiger partial charge >= 0.3 is 0 Å². The number of carbonyl (C=O) groups is 3. The van der Waals surface area contributed by atoms with Crippen LogP contribution in [0.25, 0.3) is 0 Å². The summed E-state index contributed by atoms with van der Waals surface area (Å²) in [6, 6.07) is 7.22. The molecule has 1 aromatic rings. The van der Waals surface area contributed by atoms with Crippen molar-refractivity contribution in [2.24, 2.45) is 23.7 Å². The average Bonchev–Trinajstić information content (AvgIpc) is 3.34. The van der Waals surface area contributed by atoms with Crippen LogP contribution in [0.3, 0.4) is 0 Å². The monoisotopic (exact) mass is 540 g/mol. The molecule has 3 amide bonds. The number of unbranched alkanes of at least 4 members (excludes halogenated alkanes) is 2. The number of amides is 3. The van der Waals surface area contributed by atoms with E-state index in [1.807, 2.05) is 0 Å². The van der Waals surface area contributed by atoms with Gasteiger partial charge in [-0.1, -0.05) is 38.3 Å². The molecule has 30 heavy (non-hydrogen) atoms. The van der Waals surface area contributed by atoms with Gasteiger partial charge in [-0.2, -0.15) is 0 Å². The van der Waals surface area contributed by atoms with Gasteiger partial charge in [-0.05, 0) is 55.4 Å². The van der Waals surface area contributed by atoms with E-state index in [1.54, 1.807) is 31.4 Å². The van der Waals surface area contributed by atoms with Crippen LogP contribution in [0.15, 0.2) is 24.3 Å². The van der Waals surface area contributed by atoms with Gasteiger partial charge in [-0.3, -0.25) is 19.3 Å². The number of alkyl halides is 2. The fraction of sp³-hybridized carbons (Fsp3) is 0.591. The Morgan fingerprint density at radius 3 is 2.20 bits per heavy atom. The van der Waals surface area contributed by atoms with E-state index in [0.29, 0.717) is 13.0 Å². The van der Waals surface area contributed by atoms with E-state index in [4.69, 9.17) is 4.74 Å². The molecule has 162 valence electrons. The number of ether oxygens (including phenoxy) is 1. The van der Waals surface area contributed by atoms with Gasteiger partial charge < -0.3 is 10.1 Å². The third-order valence-corrected chi connectivity index (χ3v) is 9.94. The molecule has 1 heterocycles. The molecule has 6 nitrogen and oxygen atoms in total. The maximum absolute atomic E-state index is 12.9. The van der Waals surface area contributed by atoms with Gasteiger partial charge in [0, 0.05) is 28.3 Å². The minimum absolute atomic E-state index is 0.0126. The Bertz CT molecular complexity index is 799. The summed E-state index contributed by atoms with van der Waals surface area (Å²) in [4.78, 5) is 39.8. The van der Waals surface area contributed by atoms with E-state index in [0.717, 1.165) is 37.1 Å². The molecule has 1 saturated heterocycles. The van der Waals surface area contributed by atoms with Crippen LogP contribution < -0.4 is 10.1 Å². The van der Waals surface area contributed by atoms with Gasteiger partial charge in [-0.15, -0.1) is 0 Å². The zero-order valence-electron chi connectivity index (χ0n) is 16.9. The first-order valence-corrected chi connectivity index (χ1v) is 12.3. The molecule has 6 atom stereocenters. The summed E-state index contributed by atoms with van der Waals surface area (Å²) in [6.45, 7) is 0.462. The molecule has 0 aromatic heterocycles. The highest BCUT2D eigenvalue weighted by molar-refractivity contribution is 9.12. The third kappa shape index (κ3) is 3.93.